The van der Waals surface area contributed by atoms with E-state index in [4.69, 9.17) is 5.26 Å². The molecule has 0 spiro atoms. The van der Waals surface area contributed by atoms with Crippen LogP contribution in [0.5, 0.6) is 0 Å². The van der Waals surface area contributed by atoms with Crippen LogP contribution in [0.1, 0.15) is 11.1 Å². The Morgan fingerprint density at radius 2 is 1.74 bits per heavy atom. The van der Waals surface area contributed by atoms with Crippen molar-refractivity contribution < 1.29 is 0 Å². The van der Waals surface area contributed by atoms with Crippen molar-refractivity contribution in [2.24, 2.45) is 0 Å². The number of allylic oxidation sites excluding steroid dienone is 1. The Morgan fingerprint density at radius 3 is 2.53 bits per heavy atom. The first-order valence-corrected chi connectivity index (χ1v) is 6.12. The minimum atomic E-state index is 0.945. The quantitative estimate of drug-likeness (QED) is 0.676. The van der Waals surface area contributed by atoms with E-state index in [1.165, 1.54) is 0 Å². The lowest BCUT2D eigenvalue weighted by atomic mass is 9.97. The van der Waals surface area contributed by atoms with E-state index in [0.29, 0.717) is 0 Å². The van der Waals surface area contributed by atoms with E-state index in [0.717, 1.165) is 27.6 Å². The van der Waals surface area contributed by atoms with Crippen LogP contribution in [0.4, 0.5) is 0 Å². The van der Waals surface area contributed by atoms with Crippen molar-refractivity contribution in [1.82, 2.24) is 4.98 Å². The zero-order chi connectivity index (χ0) is 13.1. The van der Waals surface area contributed by atoms with E-state index in [-0.39, 0.29) is 0 Å². The van der Waals surface area contributed by atoms with Crippen LogP contribution < -0.4 is 0 Å². The minimum absolute atomic E-state index is 0.945. The summed E-state index contributed by atoms with van der Waals surface area (Å²) < 4.78 is 0. The predicted molar refractivity (Wildman–Crippen MR) is 77.4 cm³/mol. The summed E-state index contributed by atoms with van der Waals surface area (Å²) in [5, 5.41) is 10.2. The van der Waals surface area contributed by atoms with Crippen molar-refractivity contribution in [3.05, 3.63) is 78.0 Å². The molecule has 0 saturated heterocycles. The highest BCUT2D eigenvalue weighted by Gasteiger charge is 2.09. The molecule has 0 aliphatic heterocycles. The van der Waals surface area contributed by atoms with Crippen LogP contribution in [0.15, 0.2) is 66.9 Å². The summed E-state index contributed by atoms with van der Waals surface area (Å²) in [6, 6.07) is 20.2. The summed E-state index contributed by atoms with van der Waals surface area (Å²) >= 11 is 0. The third kappa shape index (κ3) is 2.02. The zero-order valence-corrected chi connectivity index (χ0v) is 10.3. The van der Waals surface area contributed by atoms with E-state index < -0.39 is 0 Å². The fraction of sp³-hybridized carbons (Fsp3) is 0. The molecule has 2 nitrogen and oxygen atoms in total. The molecule has 0 unspecified atom stereocenters. The molecule has 2 heteroatoms. The van der Waals surface area contributed by atoms with Gasteiger partial charge in [0.15, 0.2) is 0 Å². The van der Waals surface area contributed by atoms with E-state index in [1.54, 1.807) is 6.08 Å². The molecule has 2 aromatic carbocycles. The monoisotopic (exact) mass is 244 g/mol. The molecule has 0 aliphatic carbocycles. The number of aromatic amines is 1. The second kappa shape index (κ2) is 4.83. The Bertz CT molecular complexity index is 774. The third-order valence-corrected chi connectivity index (χ3v) is 3.17. The summed E-state index contributed by atoms with van der Waals surface area (Å²) in [6.07, 6.45) is 3.56. The van der Waals surface area contributed by atoms with Gasteiger partial charge in [-0.3, -0.25) is 0 Å². The van der Waals surface area contributed by atoms with Crippen LogP contribution in [0.25, 0.3) is 16.5 Å². The fourth-order valence-corrected chi connectivity index (χ4v) is 2.29. The summed E-state index contributed by atoms with van der Waals surface area (Å²) in [7, 11) is 0. The van der Waals surface area contributed by atoms with E-state index in [2.05, 4.69) is 17.1 Å². The number of nitrogens with one attached hydrogen (secondary N) is 1. The van der Waals surface area contributed by atoms with Gasteiger partial charge < -0.3 is 4.98 Å². The Hall–Kier alpha value is -2.79. The lowest BCUT2D eigenvalue weighted by molar-refractivity contribution is 1.46. The Morgan fingerprint density at radius 1 is 1.00 bits per heavy atom. The van der Waals surface area contributed by atoms with Gasteiger partial charge in [0.05, 0.1) is 6.07 Å². The van der Waals surface area contributed by atoms with Crippen LogP contribution in [-0.2, 0) is 0 Å². The predicted octanol–water partition coefficient (Wildman–Crippen LogP) is 4.12. The molecule has 0 fully saturated rings. The fourth-order valence-electron chi connectivity index (χ4n) is 2.29. The molecule has 3 rings (SSSR count). The van der Waals surface area contributed by atoms with Crippen LogP contribution in [0, 0.1) is 11.3 Å². The van der Waals surface area contributed by atoms with Crippen LogP contribution >= 0.6 is 0 Å². The Labute approximate surface area is 111 Å². The number of hydrogen-bond donors (Lipinski definition) is 1. The van der Waals surface area contributed by atoms with Crippen molar-refractivity contribution >= 4 is 16.5 Å². The summed E-state index contributed by atoms with van der Waals surface area (Å²) in [4.78, 5) is 3.25. The number of para-hydroxylation sites is 1. The average Bonchev–Trinajstić information content (AvgIpc) is 2.89. The molecule has 0 amide bonds. The molecule has 3 aromatic rings. The molecule has 90 valence electrons. The Balaban J connectivity index is 2.23. The highest BCUT2D eigenvalue weighted by Crippen LogP contribution is 2.29. The van der Waals surface area contributed by atoms with Gasteiger partial charge >= 0.3 is 0 Å². The molecule has 0 aliphatic rings. The first kappa shape index (κ1) is 11.3. The third-order valence-electron chi connectivity index (χ3n) is 3.17. The SMILES string of the molecule is N#CC=C(c1ccccc1)c1c[nH]c2ccccc12. The van der Waals surface area contributed by atoms with Gasteiger partial charge in [0.1, 0.15) is 0 Å². The van der Waals surface area contributed by atoms with E-state index >= 15 is 0 Å². The number of hydrogen-bond acceptors (Lipinski definition) is 1. The molecule has 0 bridgehead atoms. The number of nitrogens with zero attached hydrogens (tertiary/aromatic N) is 1. The van der Waals surface area contributed by atoms with Gasteiger partial charge in [-0.2, -0.15) is 5.26 Å². The molecular weight excluding hydrogens is 232 g/mol. The normalized spacial score (nSPS) is 11.4. The number of H-pyrrole nitrogens is 1. The van der Waals surface area contributed by atoms with Crippen LogP contribution in [0.3, 0.4) is 0 Å². The number of aromatic nitrogens is 1. The van der Waals surface area contributed by atoms with Gasteiger partial charge in [0.2, 0.25) is 0 Å². The van der Waals surface area contributed by atoms with Crippen molar-refractivity contribution in [1.29, 1.82) is 5.26 Å². The van der Waals surface area contributed by atoms with E-state index in [9.17, 15) is 0 Å². The molecule has 1 heterocycles. The number of rotatable bonds is 2. The summed E-state index contributed by atoms with van der Waals surface area (Å²) in [6.45, 7) is 0. The maximum atomic E-state index is 9.03. The maximum absolute atomic E-state index is 9.03. The molecular formula is C17H12N2. The van der Waals surface area contributed by atoms with Gasteiger partial charge in [-0.25, -0.2) is 0 Å². The summed E-state index contributed by atoms with van der Waals surface area (Å²) in [5.41, 5.74) is 4.13. The van der Waals surface area contributed by atoms with Gasteiger partial charge in [-0.15, -0.1) is 0 Å². The lowest BCUT2D eigenvalue weighted by Gasteiger charge is -2.05. The molecule has 0 saturated carbocycles. The first-order chi connectivity index (χ1) is 9.40. The molecule has 0 radical (unpaired) electrons. The van der Waals surface area contributed by atoms with Crippen molar-refractivity contribution in [3.8, 4) is 6.07 Å². The smallest absolute Gasteiger partial charge is 0.0918 e. The van der Waals surface area contributed by atoms with Crippen molar-refractivity contribution in [3.63, 3.8) is 0 Å². The molecule has 1 N–H and O–H groups in total. The van der Waals surface area contributed by atoms with Crippen LogP contribution in [-0.4, -0.2) is 4.98 Å². The maximum Gasteiger partial charge on any atom is 0.0918 e. The number of fused-ring (bicyclic) bond motifs is 1. The van der Waals surface area contributed by atoms with E-state index in [1.807, 2.05) is 54.7 Å². The van der Waals surface area contributed by atoms with Gasteiger partial charge in [0.25, 0.3) is 0 Å². The first-order valence-electron chi connectivity index (χ1n) is 6.12. The highest BCUT2D eigenvalue weighted by molar-refractivity contribution is 5.97. The van der Waals surface area contributed by atoms with Crippen molar-refractivity contribution in [2.45, 2.75) is 0 Å². The van der Waals surface area contributed by atoms with Gasteiger partial charge in [-0.1, -0.05) is 48.5 Å². The summed E-state index contributed by atoms with van der Waals surface area (Å²) in [5.74, 6) is 0. The largest absolute Gasteiger partial charge is 0.361 e. The molecule has 19 heavy (non-hydrogen) atoms. The molecule has 1 aromatic heterocycles. The van der Waals surface area contributed by atoms with Gasteiger partial charge in [0, 0.05) is 34.3 Å². The standard InChI is InChI=1S/C17H12N2/c18-11-10-14(13-6-2-1-3-7-13)16-12-19-17-9-5-4-8-15(16)17/h1-10,12,19H. The van der Waals surface area contributed by atoms with Crippen LogP contribution in [0.2, 0.25) is 0 Å². The Kier molecular flexibility index (Phi) is 2.88. The zero-order valence-electron chi connectivity index (χ0n) is 10.3. The topological polar surface area (TPSA) is 39.6 Å². The number of benzene rings is 2. The average molecular weight is 244 g/mol. The second-order valence-electron chi connectivity index (χ2n) is 4.30. The van der Waals surface area contributed by atoms with Crippen molar-refractivity contribution in [2.75, 3.05) is 0 Å². The lowest BCUT2D eigenvalue weighted by Crippen LogP contribution is -1.86. The second-order valence-corrected chi connectivity index (χ2v) is 4.30. The highest BCUT2D eigenvalue weighted by atomic mass is 14.7. The van der Waals surface area contributed by atoms with Gasteiger partial charge in [-0.05, 0) is 11.6 Å². The minimum Gasteiger partial charge on any atom is -0.361 e. The number of nitriles is 1. The molecule has 0 atom stereocenters.